The molecule has 1 atom stereocenters. The van der Waals surface area contributed by atoms with Gasteiger partial charge >= 0.3 is 6.03 Å². The molecule has 0 aliphatic carbocycles. The number of benzene rings is 2. The predicted octanol–water partition coefficient (Wildman–Crippen LogP) is 4.23. The van der Waals surface area contributed by atoms with Crippen LogP contribution in [0.5, 0.6) is 0 Å². The van der Waals surface area contributed by atoms with Crippen LogP contribution in [0.2, 0.25) is 5.02 Å². The third-order valence-corrected chi connectivity index (χ3v) is 4.63. The predicted molar refractivity (Wildman–Crippen MR) is 98.2 cm³/mol. The minimum atomic E-state index is -1.07. The maximum atomic E-state index is 13.4. The van der Waals surface area contributed by atoms with Crippen LogP contribution in [-0.2, 0) is 4.79 Å². The number of nitrogens with one attached hydrogen (secondary N) is 2. The number of allylic oxidation sites excluding steroid dienone is 1. The normalized spacial score (nSPS) is 17.0. The molecule has 3 amide bonds. The Morgan fingerprint density at radius 3 is 2.44 bits per heavy atom. The largest absolute Gasteiger partial charge is 0.327 e. The Labute approximate surface area is 159 Å². The number of amides is 3. The van der Waals surface area contributed by atoms with Crippen molar-refractivity contribution in [2.75, 3.05) is 12.4 Å². The van der Waals surface area contributed by atoms with E-state index < -0.39 is 23.6 Å². The molecule has 2 N–H and O–H groups in total. The van der Waals surface area contributed by atoms with Gasteiger partial charge < -0.3 is 15.5 Å². The summed E-state index contributed by atoms with van der Waals surface area (Å²) in [7, 11) is 1.54. The van der Waals surface area contributed by atoms with Crippen molar-refractivity contribution in [3.8, 4) is 0 Å². The van der Waals surface area contributed by atoms with E-state index in [1.54, 1.807) is 31.2 Å². The number of carbonyl (C=O) groups excluding carboxylic acids is 2. The van der Waals surface area contributed by atoms with E-state index in [-0.39, 0.29) is 17.3 Å². The van der Waals surface area contributed by atoms with Gasteiger partial charge in [-0.15, -0.1) is 0 Å². The molecule has 0 aromatic heterocycles. The Hall–Kier alpha value is -2.93. The summed E-state index contributed by atoms with van der Waals surface area (Å²) in [5.41, 5.74) is 1.49. The van der Waals surface area contributed by atoms with Crippen molar-refractivity contribution in [1.82, 2.24) is 10.2 Å². The smallest absolute Gasteiger partial charge is 0.322 e. The Morgan fingerprint density at radius 2 is 1.81 bits per heavy atom. The summed E-state index contributed by atoms with van der Waals surface area (Å²) >= 11 is 5.91. The fourth-order valence-electron chi connectivity index (χ4n) is 2.81. The average Bonchev–Trinajstić information content (AvgIpc) is 2.63. The van der Waals surface area contributed by atoms with Gasteiger partial charge in [0, 0.05) is 29.5 Å². The SMILES string of the molecule is CC1=C(C(=O)Nc2ccc(F)c(F)c2)[C@H](c2ccc(Cl)cc2)NC(=O)N1C. The fourth-order valence-corrected chi connectivity index (χ4v) is 2.93. The number of carbonyl (C=O) groups is 2. The molecule has 1 aliphatic rings. The van der Waals surface area contributed by atoms with E-state index in [0.29, 0.717) is 16.3 Å². The van der Waals surface area contributed by atoms with Gasteiger partial charge in [-0.05, 0) is 36.8 Å². The van der Waals surface area contributed by atoms with E-state index in [4.69, 9.17) is 11.6 Å². The van der Waals surface area contributed by atoms with Crippen LogP contribution in [-0.4, -0.2) is 23.9 Å². The highest BCUT2D eigenvalue weighted by Crippen LogP contribution is 2.31. The lowest BCUT2D eigenvalue weighted by molar-refractivity contribution is -0.113. The molecule has 0 unspecified atom stereocenters. The molecule has 3 rings (SSSR count). The minimum absolute atomic E-state index is 0.105. The van der Waals surface area contributed by atoms with Crippen LogP contribution in [0.4, 0.5) is 19.3 Å². The van der Waals surface area contributed by atoms with Gasteiger partial charge in [0.15, 0.2) is 11.6 Å². The first-order valence-corrected chi connectivity index (χ1v) is 8.42. The standard InChI is InChI=1S/C19H16ClF2N3O2/c1-10-16(18(26)23-13-7-8-14(21)15(22)9-13)17(24-19(27)25(10)2)11-3-5-12(20)6-4-11/h3-9,17H,1-2H3,(H,23,26)(H,24,27)/t17-/m0/s1. The molecule has 0 saturated carbocycles. The molecule has 2 aromatic carbocycles. The quantitative estimate of drug-likeness (QED) is 0.822. The highest BCUT2D eigenvalue weighted by Gasteiger charge is 2.34. The minimum Gasteiger partial charge on any atom is -0.327 e. The molecule has 140 valence electrons. The molecule has 1 aliphatic heterocycles. The van der Waals surface area contributed by atoms with Crippen LogP contribution in [0.15, 0.2) is 53.7 Å². The summed E-state index contributed by atoms with van der Waals surface area (Å²) in [5.74, 6) is -2.61. The van der Waals surface area contributed by atoms with Gasteiger partial charge in [0.2, 0.25) is 0 Å². The van der Waals surface area contributed by atoms with Gasteiger partial charge in [-0.3, -0.25) is 4.79 Å². The van der Waals surface area contributed by atoms with Crippen LogP contribution in [0, 0.1) is 11.6 Å². The van der Waals surface area contributed by atoms with Crippen molar-refractivity contribution < 1.29 is 18.4 Å². The second-order valence-electron chi connectivity index (χ2n) is 6.08. The van der Waals surface area contributed by atoms with Crippen LogP contribution in [0.1, 0.15) is 18.5 Å². The molecule has 0 bridgehead atoms. The number of urea groups is 1. The highest BCUT2D eigenvalue weighted by atomic mass is 35.5. The fraction of sp³-hybridized carbons (Fsp3) is 0.158. The van der Waals surface area contributed by atoms with Crippen molar-refractivity contribution in [3.05, 3.63) is 76.0 Å². The molecule has 0 spiro atoms. The van der Waals surface area contributed by atoms with Gasteiger partial charge in [0.25, 0.3) is 5.91 Å². The summed E-state index contributed by atoms with van der Waals surface area (Å²) in [6.07, 6.45) is 0. The highest BCUT2D eigenvalue weighted by molar-refractivity contribution is 6.30. The van der Waals surface area contributed by atoms with Crippen LogP contribution in [0.3, 0.4) is 0 Å². The van der Waals surface area contributed by atoms with Crippen molar-refractivity contribution >= 4 is 29.2 Å². The maximum Gasteiger partial charge on any atom is 0.322 e. The van der Waals surface area contributed by atoms with E-state index >= 15 is 0 Å². The molecular weight excluding hydrogens is 376 g/mol. The monoisotopic (exact) mass is 391 g/mol. The molecule has 0 saturated heterocycles. The number of halogens is 3. The second kappa shape index (κ2) is 7.36. The van der Waals surface area contributed by atoms with E-state index in [2.05, 4.69) is 10.6 Å². The summed E-state index contributed by atoms with van der Waals surface area (Å²) in [6, 6.07) is 8.72. The summed E-state index contributed by atoms with van der Waals surface area (Å²) in [5, 5.41) is 5.83. The zero-order valence-electron chi connectivity index (χ0n) is 14.5. The molecular formula is C19H16ClF2N3O2. The zero-order valence-corrected chi connectivity index (χ0v) is 15.3. The van der Waals surface area contributed by atoms with Crippen molar-refractivity contribution in [2.24, 2.45) is 0 Å². The van der Waals surface area contributed by atoms with Gasteiger partial charge in [0.1, 0.15) is 0 Å². The summed E-state index contributed by atoms with van der Waals surface area (Å²) in [4.78, 5) is 26.4. The summed E-state index contributed by atoms with van der Waals surface area (Å²) in [6.45, 7) is 1.64. The lowest BCUT2D eigenvalue weighted by Crippen LogP contribution is -2.46. The van der Waals surface area contributed by atoms with Gasteiger partial charge in [-0.25, -0.2) is 13.6 Å². The van der Waals surface area contributed by atoms with Crippen LogP contribution >= 0.6 is 11.6 Å². The molecule has 5 nitrogen and oxygen atoms in total. The molecule has 1 heterocycles. The molecule has 27 heavy (non-hydrogen) atoms. The lowest BCUT2D eigenvalue weighted by Gasteiger charge is -2.33. The summed E-state index contributed by atoms with van der Waals surface area (Å²) < 4.78 is 26.5. The Balaban J connectivity index is 1.98. The zero-order chi connectivity index (χ0) is 19.7. The van der Waals surface area contributed by atoms with Crippen molar-refractivity contribution in [3.63, 3.8) is 0 Å². The number of anilines is 1. The second-order valence-corrected chi connectivity index (χ2v) is 6.51. The molecule has 8 heteroatoms. The van der Waals surface area contributed by atoms with Crippen molar-refractivity contribution in [2.45, 2.75) is 13.0 Å². The Bertz CT molecular complexity index is 944. The molecule has 0 fully saturated rings. The number of nitrogens with zero attached hydrogens (tertiary/aromatic N) is 1. The number of hydrogen-bond acceptors (Lipinski definition) is 2. The Morgan fingerprint density at radius 1 is 1.15 bits per heavy atom. The first-order chi connectivity index (χ1) is 12.8. The maximum absolute atomic E-state index is 13.4. The Kier molecular flexibility index (Phi) is 5.14. The van der Waals surface area contributed by atoms with Gasteiger partial charge in [-0.1, -0.05) is 23.7 Å². The van der Waals surface area contributed by atoms with Crippen LogP contribution in [0.25, 0.3) is 0 Å². The van der Waals surface area contributed by atoms with E-state index in [0.717, 1.165) is 12.1 Å². The van der Waals surface area contributed by atoms with Crippen molar-refractivity contribution in [1.29, 1.82) is 0 Å². The molecule has 0 radical (unpaired) electrons. The average molecular weight is 392 g/mol. The molecule has 2 aromatic rings. The first-order valence-electron chi connectivity index (χ1n) is 8.05. The third-order valence-electron chi connectivity index (χ3n) is 4.38. The number of hydrogen-bond donors (Lipinski definition) is 2. The number of rotatable bonds is 3. The third kappa shape index (κ3) is 3.78. The van der Waals surface area contributed by atoms with E-state index in [9.17, 15) is 18.4 Å². The lowest BCUT2D eigenvalue weighted by atomic mass is 9.94. The first kappa shape index (κ1) is 18.8. The van der Waals surface area contributed by atoms with Crippen LogP contribution < -0.4 is 10.6 Å². The van der Waals surface area contributed by atoms with E-state index in [1.165, 1.54) is 18.0 Å². The topological polar surface area (TPSA) is 61.4 Å². The van der Waals surface area contributed by atoms with Gasteiger partial charge in [0.05, 0.1) is 11.6 Å². The van der Waals surface area contributed by atoms with E-state index in [1.807, 2.05) is 0 Å². The van der Waals surface area contributed by atoms with Gasteiger partial charge in [-0.2, -0.15) is 0 Å².